The lowest BCUT2D eigenvalue weighted by atomic mass is 9.87. The Kier molecular flexibility index (Phi) is 4.85. The van der Waals surface area contributed by atoms with E-state index in [9.17, 15) is 9.90 Å². The van der Waals surface area contributed by atoms with Gasteiger partial charge in [0.15, 0.2) is 0 Å². The van der Waals surface area contributed by atoms with Gasteiger partial charge in [-0.3, -0.25) is 4.79 Å². The zero-order valence-electron chi connectivity index (χ0n) is 10.4. The van der Waals surface area contributed by atoms with Crippen molar-refractivity contribution < 1.29 is 9.90 Å². The Bertz CT molecular complexity index is 244. The number of amides is 1. The number of nitrogens with one attached hydrogen (secondary N) is 1. The molecule has 2 N–H and O–H groups in total. The van der Waals surface area contributed by atoms with E-state index in [1.54, 1.807) is 13.8 Å². The summed E-state index contributed by atoms with van der Waals surface area (Å²) in [5.41, 5.74) is -0.555. The molecule has 0 heterocycles. The molecule has 1 atom stereocenters. The van der Waals surface area contributed by atoms with Gasteiger partial charge in [-0.25, -0.2) is 0 Å². The highest BCUT2D eigenvalue weighted by molar-refractivity contribution is 5.77. The quantitative estimate of drug-likeness (QED) is 0.690. The molecule has 3 nitrogen and oxygen atoms in total. The molecular weight excluding hydrogens is 190 g/mol. The summed E-state index contributed by atoms with van der Waals surface area (Å²) in [6, 6.07) is 0.153. The molecule has 0 aromatic rings. The highest BCUT2D eigenvalue weighted by Crippen LogP contribution is 2.26. The first kappa shape index (κ1) is 14.0. The predicted molar refractivity (Wildman–Crippen MR) is 62.6 cm³/mol. The Morgan fingerprint density at radius 1 is 1.40 bits per heavy atom. The van der Waals surface area contributed by atoms with Crippen LogP contribution in [0.5, 0.6) is 0 Å². The van der Waals surface area contributed by atoms with Crippen molar-refractivity contribution in [2.24, 2.45) is 11.3 Å². The van der Waals surface area contributed by atoms with Crippen molar-refractivity contribution in [2.75, 3.05) is 0 Å². The first-order valence-electron chi connectivity index (χ1n) is 5.34. The first-order valence-corrected chi connectivity index (χ1v) is 5.34. The Labute approximate surface area is 92.6 Å². The maximum Gasteiger partial charge on any atom is 0.221 e. The maximum atomic E-state index is 11.6. The van der Waals surface area contributed by atoms with Gasteiger partial charge in [-0.1, -0.05) is 34.3 Å². The Morgan fingerprint density at radius 2 is 1.87 bits per heavy atom. The topological polar surface area (TPSA) is 49.3 Å². The molecular formula is C12H23NO2. The van der Waals surface area contributed by atoms with Crippen LogP contribution in [0.2, 0.25) is 0 Å². The van der Waals surface area contributed by atoms with E-state index < -0.39 is 5.41 Å². The fourth-order valence-corrected chi connectivity index (χ4v) is 0.975. The number of allylic oxidation sites excluding steroid dienone is 1. The summed E-state index contributed by atoms with van der Waals surface area (Å²) in [7, 11) is 0. The van der Waals surface area contributed by atoms with Crippen molar-refractivity contribution in [3.8, 4) is 0 Å². The van der Waals surface area contributed by atoms with E-state index >= 15 is 0 Å². The number of aliphatic hydroxyl groups excluding tert-OH is 1. The third kappa shape index (κ3) is 4.86. The molecule has 3 heteroatoms. The largest absolute Gasteiger partial charge is 0.512 e. The number of aliphatic hydroxyl groups is 1. The van der Waals surface area contributed by atoms with Crippen LogP contribution in [0, 0.1) is 11.3 Å². The van der Waals surface area contributed by atoms with E-state index in [4.69, 9.17) is 0 Å². The van der Waals surface area contributed by atoms with Crippen LogP contribution >= 0.6 is 0 Å². The first-order chi connectivity index (χ1) is 6.66. The second kappa shape index (κ2) is 5.19. The Balaban J connectivity index is 4.21. The van der Waals surface area contributed by atoms with Crippen LogP contribution in [0.25, 0.3) is 0 Å². The van der Waals surface area contributed by atoms with E-state index in [1.165, 1.54) is 0 Å². The molecule has 0 unspecified atom stereocenters. The number of rotatable bonds is 5. The van der Waals surface area contributed by atoms with Crippen molar-refractivity contribution in [1.29, 1.82) is 0 Å². The molecule has 0 bridgehead atoms. The number of carbonyl (C=O) groups excluding carboxylic acids is 1. The van der Waals surface area contributed by atoms with E-state index in [1.807, 2.05) is 6.92 Å². The predicted octanol–water partition coefficient (Wildman–Crippen LogP) is 2.64. The van der Waals surface area contributed by atoms with Crippen molar-refractivity contribution in [3.63, 3.8) is 0 Å². The fourth-order valence-electron chi connectivity index (χ4n) is 0.975. The van der Waals surface area contributed by atoms with Crippen LogP contribution in [-0.4, -0.2) is 17.1 Å². The minimum absolute atomic E-state index is 0.0450. The molecule has 0 rings (SSSR count). The average molecular weight is 213 g/mol. The zero-order valence-corrected chi connectivity index (χ0v) is 10.4. The molecule has 0 aromatic carbocycles. The number of carbonyl (C=O) groups is 1. The van der Waals surface area contributed by atoms with Crippen LogP contribution in [0.15, 0.2) is 12.3 Å². The summed E-state index contributed by atoms with van der Waals surface area (Å²) in [6.45, 7) is 13.2. The van der Waals surface area contributed by atoms with Gasteiger partial charge in [-0.05, 0) is 12.8 Å². The van der Waals surface area contributed by atoms with Gasteiger partial charge < -0.3 is 10.4 Å². The second-order valence-corrected chi connectivity index (χ2v) is 5.11. The molecule has 15 heavy (non-hydrogen) atoms. The summed E-state index contributed by atoms with van der Waals surface area (Å²) in [4.78, 5) is 11.6. The van der Waals surface area contributed by atoms with Crippen molar-refractivity contribution in [2.45, 2.75) is 47.1 Å². The van der Waals surface area contributed by atoms with Gasteiger partial charge in [0.05, 0.1) is 5.76 Å². The minimum Gasteiger partial charge on any atom is -0.512 e. The normalized spacial score (nSPS) is 13.7. The van der Waals surface area contributed by atoms with Gasteiger partial charge in [0.1, 0.15) is 0 Å². The standard InChI is InChI=1S/C12H23NO2/c1-8(2)9(3)13-11(15)7-12(5,6)10(4)14/h8-9,14H,4,7H2,1-3,5-6H3,(H,13,15)/t9-/m1/s1. The molecule has 0 saturated carbocycles. The Morgan fingerprint density at radius 3 is 2.20 bits per heavy atom. The molecule has 0 radical (unpaired) electrons. The van der Waals surface area contributed by atoms with E-state index in [2.05, 4.69) is 25.7 Å². The summed E-state index contributed by atoms with van der Waals surface area (Å²) < 4.78 is 0. The summed E-state index contributed by atoms with van der Waals surface area (Å²) >= 11 is 0. The third-order valence-electron chi connectivity index (χ3n) is 2.77. The van der Waals surface area contributed by atoms with E-state index in [0.717, 1.165) is 0 Å². The highest BCUT2D eigenvalue weighted by Gasteiger charge is 2.26. The van der Waals surface area contributed by atoms with E-state index in [0.29, 0.717) is 5.92 Å². The minimum atomic E-state index is -0.555. The second-order valence-electron chi connectivity index (χ2n) is 5.11. The van der Waals surface area contributed by atoms with E-state index in [-0.39, 0.29) is 24.1 Å². The average Bonchev–Trinajstić information content (AvgIpc) is 2.01. The molecule has 0 fully saturated rings. The molecule has 0 aromatic heterocycles. The van der Waals surface area contributed by atoms with Crippen LogP contribution in [0.3, 0.4) is 0 Å². The van der Waals surface area contributed by atoms with Crippen LogP contribution in [0.4, 0.5) is 0 Å². The molecule has 0 aliphatic carbocycles. The summed E-state index contributed by atoms with van der Waals surface area (Å²) in [5, 5.41) is 12.2. The SMILES string of the molecule is C=C(O)C(C)(C)CC(=O)N[C@H](C)C(C)C. The van der Waals surface area contributed by atoms with Crippen molar-refractivity contribution in [3.05, 3.63) is 12.3 Å². The van der Waals surface area contributed by atoms with Gasteiger partial charge in [0, 0.05) is 17.9 Å². The Hall–Kier alpha value is -0.990. The molecule has 0 aliphatic heterocycles. The lowest BCUT2D eigenvalue weighted by Gasteiger charge is -2.24. The highest BCUT2D eigenvalue weighted by atomic mass is 16.3. The van der Waals surface area contributed by atoms with Gasteiger partial charge >= 0.3 is 0 Å². The van der Waals surface area contributed by atoms with Gasteiger partial charge in [-0.2, -0.15) is 0 Å². The smallest absolute Gasteiger partial charge is 0.221 e. The third-order valence-corrected chi connectivity index (χ3v) is 2.77. The molecule has 0 aliphatic rings. The fraction of sp³-hybridized carbons (Fsp3) is 0.750. The van der Waals surface area contributed by atoms with Crippen LogP contribution < -0.4 is 5.32 Å². The van der Waals surface area contributed by atoms with Crippen LogP contribution in [-0.2, 0) is 4.79 Å². The lowest BCUT2D eigenvalue weighted by molar-refractivity contribution is -0.123. The van der Waals surface area contributed by atoms with Crippen molar-refractivity contribution in [1.82, 2.24) is 5.32 Å². The van der Waals surface area contributed by atoms with Gasteiger partial charge in [0.2, 0.25) is 5.91 Å². The van der Waals surface area contributed by atoms with Gasteiger partial charge in [0.25, 0.3) is 0 Å². The molecule has 0 saturated heterocycles. The zero-order chi connectivity index (χ0) is 12.2. The molecule has 1 amide bonds. The van der Waals surface area contributed by atoms with Crippen LogP contribution in [0.1, 0.15) is 41.0 Å². The molecule has 88 valence electrons. The maximum absolute atomic E-state index is 11.6. The number of hydrogen-bond donors (Lipinski definition) is 2. The summed E-state index contributed by atoms with van der Waals surface area (Å²) in [6.07, 6.45) is 0.263. The monoisotopic (exact) mass is 213 g/mol. The van der Waals surface area contributed by atoms with Gasteiger partial charge in [-0.15, -0.1) is 0 Å². The van der Waals surface area contributed by atoms with Crippen molar-refractivity contribution >= 4 is 5.91 Å². The molecule has 0 spiro atoms. The lowest BCUT2D eigenvalue weighted by Crippen LogP contribution is -2.38. The summed E-state index contributed by atoms with van der Waals surface area (Å²) in [5.74, 6) is 0.417. The number of hydrogen-bond acceptors (Lipinski definition) is 2.